The van der Waals surface area contributed by atoms with E-state index in [1.165, 1.54) is 38.5 Å². The van der Waals surface area contributed by atoms with Gasteiger partial charge in [-0.3, -0.25) is 4.84 Å². The second-order valence-electron chi connectivity index (χ2n) is 8.02. The second kappa shape index (κ2) is 12.2. The largest absolute Gasteiger partial charge is 0.354 e. The minimum Gasteiger partial charge on any atom is -0.354 e. The Bertz CT molecular complexity index is 305. The van der Waals surface area contributed by atoms with Crippen molar-refractivity contribution in [2.75, 3.05) is 6.54 Å². The van der Waals surface area contributed by atoms with Crippen molar-refractivity contribution in [2.45, 2.75) is 124 Å². The van der Waals surface area contributed by atoms with E-state index < -0.39 is 6.41 Å². The lowest BCUT2D eigenvalue weighted by Crippen LogP contribution is -2.47. The molecule has 0 aliphatic heterocycles. The third-order valence-electron chi connectivity index (χ3n) is 4.72. The summed E-state index contributed by atoms with van der Waals surface area (Å²) in [7, 11) is 0. The van der Waals surface area contributed by atoms with Gasteiger partial charge < -0.3 is 9.84 Å². The van der Waals surface area contributed by atoms with Gasteiger partial charge in [0.25, 0.3) is 0 Å². The summed E-state index contributed by atoms with van der Waals surface area (Å²) in [6.45, 7) is 15.2. The Kier molecular flexibility index (Phi) is 12.2. The summed E-state index contributed by atoms with van der Waals surface area (Å²) in [4.78, 5) is 6.04. The lowest BCUT2D eigenvalue weighted by molar-refractivity contribution is -0.374. The molecule has 1 N–H and O–H groups in total. The molecule has 0 spiro atoms. The van der Waals surface area contributed by atoms with Crippen molar-refractivity contribution in [1.82, 2.24) is 5.06 Å². The Hall–Kier alpha value is -0.160. The standard InChI is InChI=1S/C20H43NO3/c1-8-11-12-13-14-15-16-17-21(24-20(6,7)10-3)18(22)23-19(4,5)9-2/h18,22H,8-17H2,1-7H3. The molecule has 0 aromatic rings. The number of nitrogens with zero attached hydrogens (tertiary/aromatic N) is 1. The smallest absolute Gasteiger partial charge is 0.238 e. The van der Waals surface area contributed by atoms with Crippen LogP contribution in [0.2, 0.25) is 0 Å². The maximum Gasteiger partial charge on any atom is 0.238 e. The van der Waals surface area contributed by atoms with Gasteiger partial charge in [0.1, 0.15) is 0 Å². The molecular formula is C20H43NO3. The number of hydrogen-bond acceptors (Lipinski definition) is 4. The second-order valence-corrected chi connectivity index (χ2v) is 8.02. The average Bonchev–Trinajstić information content (AvgIpc) is 2.52. The van der Waals surface area contributed by atoms with Gasteiger partial charge in [-0.25, -0.2) is 0 Å². The zero-order valence-corrected chi connectivity index (χ0v) is 17.4. The summed E-state index contributed by atoms with van der Waals surface area (Å²) in [5.41, 5.74) is -0.667. The van der Waals surface area contributed by atoms with E-state index in [0.29, 0.717) is 6.54 Å². The van der Waals surface area contributed by atoms with Crippen LogP contribution in [0.15, 0.2) is 0 Å². The van der Waals surface area contributed by atoms with E-state index in [4.69, 9.17) is 9.57 Å². The lowest BCUT2D eigenvalue weighted by Gasteiger charge is -2.37. The number of aliphatic hydroxyl groups excluding tert-OH is 1. The molecule has 0 fully saturated rings. The predicted octanol–water partition coefficient (Wildman–Crippen LogP) is 5.64. The molecule has 0 radical (unpaired) electrons. The van der Waals surface area contributed by atoms with Crippen LogP contribution in [-0.2, 0) is 9.57 Å². The van der Waals surface area contributed by atoms with Crippen molar-refractivity contribution in [3.05, 3.63) is 0 Å². The van der Waals surface area contributed by atoms with Crippen LogP contribution in [0.25, 0.3) is 0 Å². The van der Waals surface area contributed by atoms with E-state index in [1.807, 2.05) is 27.7 Å². The molecule has 0 heterocycles. The van der Waals surface area contributed by atoms with E-state index in [2.05, 4.69) is 20.8 Å². The molecule has 0 amide bonds. The lowest BCUT2D eigenvalue weighted by atomic mass is 10.1. The zero-order chi connectivity index (χ0) is 18.6. The van der Waals surface area contributed by atoms with E-state index in [0.717, 1.165) is 19.3 Å². The van der Waals surface area contributed by atoms with Gasteiger partial charge in [-0.1, -0.05) is 59.3 Å². The highest BCUT2D eigenvalue weighted by Crippen LogP contribution is 2.22. The topological polar surface area (TPSA) is 41.9 Å². The summed E-state index contributed by atoms with van der Waals surface area (Å²) in [6, 6.07) is 0. The van der Waals surface area contributed by atoms with Crippen LogP contribution in [0, 0.1) is 0 Å². The highest BCUT2D eigenvalue weighted by atomic mass is 16.8. The van der Waals surface area contributed by atoms with Crippen molar-refractivity contribution in [1.29, 1.82) is 0 Å². The predicted molar refractivity (Wildman–Crippen MR) is 102 cm³/mol. The fourth-order valence-electron chi connectivity index (χ4n) is 2.24. The van der Waals surface area contributed by atoms with E-state index in [-0.39, 0.29) is 11.2 Å². The maximum atomic E-state index is 10.5. The molecule has 0 aromatic heterocycles. The first-order valence-corrected chi connectivity index (χ1v) is 9.99. The molecule has 0 aliphatic carbocycles. The molecule has 24 heavy (non-hydrogen) atoms. The number of aliphatic hydroxyl groups is 1. The minimum absolute atomic E-state index is 0.304. The molecule has 1 atom stereocenters. The summed E-state index contributed by atoms with van der Waals surface area (Å²) < 4.78 is 5.81. The first-order chi connectivity index (χ1) is 11.2. The SMILES string of the molecule is CCCCCCCCCN(OC(C)(C)CC)C(O)OC(C)(C)CC. The van der Waals surface area contributed by atoms with E-state index >= 15 is 0 Å². The molecule has 4 heteroatoms. The summed E-state index contributed by atoms with van der Waals surface area (Å²) in [6.07, 6.45) is 9.37. The van der Waals surface area contributed by atoms with Crippen molar-refractivity contribution < 1.29 is 14.7 Å². The van der Waals surface area contributed by atoms with Crippen LogP contribution >= 0.6 is 0 Å². The monoisotopic (exact) mass is 345 g/mol. The highest BCUT2D eigenvalue weighted by molar-refractivity contribution is 4.68. The van der Waals surface area contributed by atoms with Gasteiger partial charge >= 0.3 is 0 Å². The van der Waals surface area contributed by atoms with Crippen LogP contribution in [0.4, 0.5) is 0 Å². The maximum absolute atomic E-state index is 10.5. The van der Waals surface area contributed by atoms with Crippen molar-refractivity contribution in [3.8, 4) is 0 Å². The minimum atomic E-state index is -1.02. The van der Waals surface area contributed by atoms with Crippen LogP contribution < -0.4 is 0 Å². The Balaban J connectivity index is 4.43. The van der Waals surface area contributed by atoms with E-state index in [1.54, 1.807) is 5.06 Å². The molecule has 1 unspecified atom stereocenters. The third kappa shape index (κ3) is 11.4. The van der Waals surface area contributed by atoms with Crippen molar-refractivity contribution in [3.63, 3.8) is 0 Å². The molecule has 0 aromatic carbocycles. The fraction of sp³-hybridized carbons (Fsp3) is 1.00. The number of ether oxygens (including phenoxy) is 1. The number of hydrogen-bond donors (Lipinski definition) is 1. The van der Waals surface area contributed by atoms with Crippen molar-refractivity contribution >= 4 is 0 Å². The van der Waals surface area contributed by atoms with Crippen LogP contribution in [0.5, 0.6) is 0 Å². The van der Waals surface area contributed by atoms with Crippen LogP contribution in [0.3, 0.4) is 0 Å². The number of rotatable bonds is 15. The Morgan fingerprint density at radius 3 is 1.79 bits per heavy atom. The molecule has 0 saturated heterocycles. The van der Waals surface area contributed by atoms with E-state index in [9.17, 15) is 5.11 Å². The van der Waals surface area contributed by atoms with Gasteiger partial charge in [0.2, 0.25) is 6.41 Å². The highest BCUT2D eigenvalue weighted by Gasteiger charge is 2.29. The summed E-state index contributed by atoms with van der Waals surface area (Å²) in [5, 5.41) is 12.1. The van der Waals surface area contributed by atoms with Gasteiger partial charge in [-0.05, 0) is 47.0 Å². The summed E-state index contributed by atoms with van der Waals surface area (Å²) in [5.74, 6) is 0. The third-order valence-corrected chi connectivity index (χ3v) is 4.72. The molecule has 0 rings (SSSR count). The van der Waals surface area contributed by atoms with Crippen molar-refractivity contribution in [2.24, 2.45) is 0 Å². The Labute approximate surface area is 150 Å². The normalized spacial score (nSPS) is 14.4. The van der Waals surface area contributed by atoms with Gasteiger partial charge in [-0.15, -0.1) is 5.06 Å². The molecular weight excluding hydrogens is 302 g/mol. The molecule has 146 valence electrons. The Morgan fingerprint density at radius 1 is 0.792 bits per heavy atom. The van der Waals surface area contributed by atoms with Gasteiger partial charge in [0, 0.05) is 6.54 Å². The number of hydroxylamine groups is 2. The summed E-state index contributed by atoms with van der Waals surface area (Å²) >= 11 is 0. The molecule has 0 aliphatic rings. The number of unbranched alkanes of at least 4 members (excludes halogenated alkanes) is 6. The molecule has 4 nitrogen and oxygen atoms in total. The molecule has 0 saturated carbocycles. The van der Waals surface area contributed by atoms with Gasteiger partial charge in [0.05, 0.1) is 11.2 Å². The average molecular weight is 346 g/mol. The van der Waals surface area contributed by atoms with Crippen LogP contribution in [0.1, 0.15) is 106 Å². The molecule has 0 bridgehead atoms. The fourth-order valence-corrected chi connectivity index (χ4v) is 2.24. The van der Waals surface area contributed by atoms with Crippen LogP contribution in [-0.4, -0.2) is 34.3 Å². The first kappa shape index (κ1) is 23.8. The van der Waals surface area contributed by atoms with Gasteiger partial charge in [-0.2, -0.15) is 0 Å². The van der Waals surface area contributed by atoms with Gasteiger partial charge in [0.15, 0.2) is 0 Å². The zero-order valence-electron chi connectivity index (χ0n) is 17.4. The first-order valence-electron chi connectivity index (χ1n) is 9.99. The quantitative estimate of drug-likeness (QED) is 0.237. The Morgan fingerprint density at radius 2 is 1.29 bits per heavy atom.